The molecule has 5 heteroatoms. The van der Waals surface area contributed by atoms with Gasteiger partial charge in [-0.3, -0.25) is 9.79 Å². The summed E-state index contributed by atoms with van der Waals surface area (Å²) in [5, 5.41) is 0. The summed E-state index contributed by atoms with van der Waals surface area (Å²) in [6, 6.07) is 5.08. The molecule has 0 atom stereocenters. The fraction of sp³-hybridized carbons (Fsp3) is 0.385. The van der Waals surface area contributed by atoms with E-state index in [1.807, 2.05) is 0 Å². The number of hydrogen-bond acceptors (Lipinski definition) is 5. The number of hydrogen-bond donors (Lipinski definition) is 0. The van der Waals surface area contributed by atoms with Crippen molar-refractivity contribution in [3.05, 3.63) is 23.8 Å². The molecule has 0 bridgehead atoms. The van der Waals surface area contributed by atoms with Gasteiger partial charge in [0.1, 0.15) is 6.61 Å². The number of Topliss-reactive ketones (excluding diaryl/α,β-unsaturated/α-hetero) is 1. The van der Waals surface area contributed by atoms with Crippen LogP contribution in [0.4, 0.5) is 0 Å². The molecule has 0 aromatic heterocycles. The fourth-order valence-electron chi connectivity index (χ4n) is 1.74. The Labute approximate surface area is 105 Å². The van der Waals surface area contributed by atoms with E-state index in [4.69, 9.17) is 14.2 Å². The topological polar surface area (TPSA) is 57.1 Å². The maximum absolute atomic E-state index is 12.0. The van der Waals surface area contributed by atoms with Crippen molar-refractivity contribution in [2.45, 2.75) is 6.42 Å². The van der Waals surface area contributed by atoms with Crippen LogP contribution in [-0.4, -0.2) is 39.1 Å². The summed E-state index contributed by atoms with van der Waals surface area (Å²) in [5.41, 5.74) is 0.561. The molecular formula is C13H15NO4. The number of methoxy groups -OCH3 is 2. The van der Waals surface area contributed by atoms with E-state index >= 15 is 0 Å². The summed E-state index contributed by atoms with van der Waals surface area (Å²) in [7, 11) is 3.09. The van der Waals surface area contributed by atoms with Crippen LogP contribution in [0.3, 0.4) is 0 Å². The first kappa shape index (κ1) is 12.4. The van der Waals surface area contributed by atoms with E-state index < -0.39 is 0 Å². The number of aliphatic imine (C=N–C) groups is 1. The van der Waals surface area contributed by atoms with Crippen LogP contribution < -0.4 is 9.47 Å². The number of nitrogens with zero attached hydrogens (tertiary/aromatic N) is 1. The monoisotopic (exact) mass is 249 g/mol. The van der Waals surface area contributed by atoms with E-state index in [1.165, 1.54) is 7.11 Å². The van der Waals surface area contributed by atoms with Gasteiger partial charge in [0.15, 0.2) is 23.2 Å². The average Bonchev–Trinajstić information content (AvgIpc) is 2.90. The van der Waals surface area contributed by atoms with Gasteiger partial charge in [0.05, 0.1) is 27.2 Å². The van der Waals surface area contributed by atoms with Crippen molar-refractivity contribution in [2.75, 3.05) is 27.4 Å². The van der Waals surface area contributed by atoms with Crippen LogP contribution in [0.15, 0.2) is 23.2 Å². The Bertz CT molecular complexity index is 482. The highest BCUT2D eigenvalue weighted by Crippen LogP contribution is 2.28. The molecular weight excluding hydrogens is 234 g/mol. The number of ether oxygens (including phenoxy) is 3. The highest BCUT2D eigenvalue weighted by molar-refractivity contribution is 6.07. The second-order valence-corrected chi connectivity index (χ2v) is 3.79. The van der Waals surface area contributed by atoms with Crippen LogP contribution in [0.2, 0.25) is 0 Å². The van der Waals surface area contributed by atoms with E-state index in [9.17, 15) is 4.79 Å². The molecule has 0 amide bonds. The Morgan fingerprint density at radius 2 is 2.11 bits per heavy atom. The minimum atomic E-state index is -0.0448. The standard InChI is InChI=1S/C13H15NO4/c1-16-11-4-3-9(7-12(11)17-2)10(15)8-13-14-5-6-18-13/h3-4,7H,5-6,8H2,1-2H3. The van der Waals surface area contributed by atoms with Gasteiger partial charge in [0, 0.05) is 5.56 Å². The lowest BCUT2D eigenvalue weighted by Gasteiger charge is -2.09. The molecule has 1 aliphatic heterocycles. The van der Waals surface area contributed by atoms with Crippen molar-refractivity contribution in [3.8, 4) is 11.5 Å². The molecule has 1 aromatic rings. The molecule has 1 aromatic carbocycles. The molecule has 5 nitrogen and oxygen atoms in total. The first-order valence-electron chi connectivity index (χ1n) is 5.66. The van der Waals surface area contributed by atoms with E-state index in [0.29, 0.717) is 36.1 Å². The Morgan fingerprint density at radius 3 is 2.72 bits per heavy atom. The molecule has 0 aliphatic carbocycles. The lowest BCUT2D eigenvalue weighted by molar-refractivity contribution is 0.0994. The molecule has 2 rings (SSSR count). The Balaban J connectivity index is 2.14. The third kappa shape index (κ3) is 2.61. The van der Waals surface area contributed by atoms with Gasteiger partial charge in [-0.1, -0.05) is 0 Å². The van der Waals surface area contributed by atoms with Gasteiger partial charge in [-0.25, -0.2) is 0 Å². The maximum atomic E-state index is 12.0. The van der Waals surface area contributed by atoms with Crippen molar-refractivity contribution in [3.63, 3.8) is 0 Å². The molecule has 18 heavy (non-hydrogen) atoms. The third-order valence-corrected chi connectivity index (χ3v) is 2.67. The number of carbonyl (C=O) groups is 1. The predicted molar refractivity (Wildman–Crippen MR) is 66.7 cm³/mol. The van der Waals surface area contributed by atoms with Gasteiger partial charge in [0.25, 0.3) is 0 Å². The molecule has 0 fully saturated rings. The Kier molecular flexibility index (Phi) is 3.82. The van der Waals surface area contributed by atoms with Crippen molar-refractivity contribution in [1.29, 1.82) is 0 Å². The zero-order valence-electron chi connectivity index (χ0n) is 10.4. The minimum absolute atomic E-state index is 0.0448. The van der Waals surface area contributed by atoms with E-state index in [2.05, 4.69) is 4.99 Å². The Morgan fingerprint density at radius 1 is 1.33 bits per heavy atom. The number of ketones is 1. The van der Waals surface area contributed by atoms with Gasteiger partial charge < -0.3 is 14.2 Å². The fourth-order valence-corrected chi connectivity index (χ4v) is 1.74. The number of carbonyl (C=O) groups excluding carboxylic acids is 1. The SMILES string of the molecule is COc1ccc(C(=O)CC2=NCCO2)cc1OC. The number of rotatable bonds is 5. The highest BCUT2D eigenvalue weighted by atomic mass is 16.5. The van der Waals surface area contributed by atoms with Crippen molar-refractivity contribution >= 4 is 11.7 Å². The molecule has 1 aliphatic rings. The normalized spacial score (nSPS) is 13.8. The maximum Gasteiger partial charge on any atom is 0.191 e. The molecule has 0 saturated heterocycles. The van der Waals surface area contributed by atoms with Crippen LogP contribution in [0.25, 0.3) is 0 Å². The largest absolute Gasteiger partial charge is 0.493 e. The summed E-state index contributed by atoms with van der Waals surface area (Å²) in [5.74, 6) is 1.60. The summed E-state index contributed by atoms with van der Waals surface area (Å²) in [4.78, 5) is 16.1. The zero-order valence-corrected chi connectivity index (χ0v) is 10.4. The van der Waals surface area contributed by atoms with E-state index in [-0.39, 0.29) is 12.2 Å². The van der Waals surface area contributed by atoms with Gasteiger partial charge >= 0.3 is 0 Å². The smallest absolute Gasteiger partial charge is 0.191 e. The molecule has 0 saturated carbocycles. The second kappa shape index (κ2) is 5.53. The lowest BCUT2D eigenvalue weighted by atomic mass is 10.1. The third-order valence-electron chi connectivity index (χ3n) is 2.67. The van der Waals surface area contributed by atoms with Crippen LogP contribution in [-0.2, 0) is 4.74 Å². The quantitative estimate of drug-likeness (QED) is 0.745. The summed E-state index contributed by atoms with van der Waals surface area (Å²) >= 11 is 0. The van der Waals surface area contributed by atoms with E-state index in [0.717, 1.165) is 0 Å². The molecule has 0 unspecified atom stereocenters. The second-order valence-electron chi connectivity index (χ2n) is 3.79. The summed E-state index contributed by atoms with van der Waals surface area (Å²) in [6.45, 7) is 1.20. The highest BCUT2D eigenvalue weighted by Gasteiger charge is 2.16. The van der Waals surface area contributed by atoms with Gasteiger partial charge in [-0.05, 0) is 18.2 Å². The first-order valence-corrected chi connectivity index (χ1v) is 5.66. The minimum Gasteiger partial charge on any atom is -0.493 e. The van der Waals surface area contributed by atoms with Crippen molar-refractivity contribution in [1.82, 2.24) is 0 Å². The first-order chi connectivity index (χ1) is 8.74. The van der Waals surface area contributed by atoms with Gasteiger partial charge in [-0.2, -0.15) is 0 Å². The predicted octanol–water partition coefficient (Wildman–Crippen LogP) is 1.71. The lowest BCUT2D eigenvalue weighted by Crippen LogP contribution is -2.08. The molecule has 1 heterocycles. The summed E-state index contributed by atoms with van der Waals surface area (Å²) in [6.07, 6.45) is 0.190. The average molecular weight is 249 g/mol. The van der Waals surface area contributed by atoms with Crippen molar-refractivity contribution in [2.24, 2.45) is 4.99 Å². The van der Waals surface area contributed by atoms with Gasteiger partial charge in [0.2, 0.25) is 0 Å². The number of benzene rings is 1. The van der Waals surface area contributed by atoms with Crippen LogP contribution in [0, 0.1) is 0 Å². The zero-order chi connectivity index (χ0) is 13.0. The van der Waals surface area contributed by atoms with E-state index in [1.54, 1.807) is 25.3 Å². The van der Waals surface area contributed by atoms with Gasteiger partial charge in [-0.15, -0.1) is 0 Å². The molecule has 96 valence electrons. The van der Waals surface area contributed by atoms with Crippen LogP contribution in [0.1, 0.15) is 16.8 Å². The Hall–Kier alpha value is -2.04. The van der Waals surface area contributed by atoms with Crippen LogP contribution >= 0.6 is 0 Å². The molecule has 0 radical (unpaired) electrons. The summed E-state index contributed by atoms with van der Waals surface area (Å²) < 4.78 is 15.5. The molecule has 0 N–H and O–H groups in total. The van der Waals surface area contributed by atoms with Crippen molar-refractivity contribution < 1.29 is 19.0 Å². The molecule has 0 spiro atoms. The van der Waals surface area contributed by atoms with Crippen LogP contribution in [0.5, 0.6) is 11.5 Å².